The van der Waals surface area contributed by atoms with Crippen LogP contribution in [0.1, 0.15) is 31.9 Å². The molecule has 7 heteroatoms. The van der Waals surface area contributed by atoms with Gasteiger partial charge in [0.05, 0.1) is 12.2 Å². The summed E-state index contributed by atoms with van der Waals surface area (Å²) in [6.45, 7) is 4.38. The average molecular weight is 407 g/mol. The number of aromatic nitrogens is 3. The van der Waals surface area contributed by atoms with E-state index in [-0.39, 0.29) is 5.82 Å². The summed E-state index contributed by atoms with van der Waals surface area (Å²) in [5.74, 6) is 0.354. The third-order valence-electron chi connectivity index (χ3n) is 6.12. The summed E-state index contributed by atoms with van der Waals surface area (Å²) < 4.78 is 15.6. The van der Waals surface area contributed by atoms with Crippen LogP contribution >= 0.6 is 0 Å². The highest BCUT2D eigenvalue weighted by atomic mass is 19.1. The van der Waals surface area contributed by atoms with E-state index in [4.69, 9.17) is 5.10 Å². The molecule has 0 radical (unpaired) electrons. The van der Waals surface area contributed by atoms with E-state index >= 15 is 0 Å². The van der Waals surface area contributed by atoms with Crippen molar-refractivity contribution in [2.45, 2.75) is 51.5 Å². The van der Waals surface area contributed by atoms with E-state index in [9.17, 15) is 9.50 Å². The Morgan fingerprint density at radius 3 is 2.63 bits per heavy atom. The molecule has 0 spiro atoms. The molecule has 1 aliphatic carbocycles. The van der Waals surface area contributed by atoms with Crippen molar-refractivity contribution in [3.63, 3.8) is 0 Å². The first kappa shape index (κ1) is 19.2. The first-order valence-electron chi connectivity index (χ1n) is 10.6. The van der Waals surface area contributed by atoms with Gasteiger partial charge in [-0.3, -0.25) is 9.58 Å². The average Bonchev–Trinajstić information content (AvgIpc) is 3.06. The van der Waals surface area contributed by atoms with Gasteiger partial charge in [-0.1, -0.05) is 6.42 Å². The van der Waals surface area contributed by atoms with Crippen LogP contribution in [-0.4, -0.2) is 43.6 Å². The van der Waals surface area contributed by atoms with Crippen LogP contribution in [0.25, 0.3) is 22.4 Å². The minimum Gasteiger partial charge on any atom is -0.374 e. The standard InChI is InChI=1S/C23H26FN5O/c1-15(30)26-21-13-17(9-10-25-21)22-20-14-28(19-3-2-4-19)11-12-29(20)27-23(22)16-5-7-18(24)8-6-16/h5-10,13,15,19,30H,2-4,11-12,14H2,1H3,(H,25,26). The molecule has 1 aliphatic heterocycles. The van der Waals surface area contributed by atoms with Crippen LogP contribution in [0, 0.1) is 5.82 Å². The molecule has 2 aromatic heterocycles. The Balaban J connectivity index is 1.62. The van der Waals surface area contributed by atoms with Gasteiger partial charge in [0.25, 0.3) is 0 Å². The van der Waals surface area contributed by atoms with Crippen molar-refractivity contribution in [2.24, 2.45) is 0 Å². The normalized spacial score (nSPS) is 18.0. The van der Waals surface area contributed by atoms with Gasteiger partial charge in [-0.2, -0.15) is 5.10 Å². The lowest BCUT2D eigenvalue weighted by atomic mass is 9.90. The number of aliphatic hydroxyl groups excluding tert-OH is 1. The number of pyridine rings is 1. The van der Waals surface area contributed by atoms with Crippen LogP contribution in [-0.2, 0) is 13.1 Å². The molecular weight excluding hydrogens is 381 g/mol. The molecule has 6 nitrogen and oxygen atoms in total. The maximum Gasteiger partial charge on any atom is 0.128 e. The van der Waals surface area contributed by atoms with Crippen LogP contribution in [0.5, 0.6) is 0 Å². The molecule has 2 N–H and O–H groups in total. The van der Waals surface area contributed by atoms with Crippen LogP contribution < -0.4 is 5.32 Å². The predicted molar refractivity (Wildman–Crippen MR) is 114 cm³/mol. The third kappa shape index (κ3) is 3.59. The summed E-state index contributed by atoms with van der Waals surface area (Å²) in [6.07, 6.45) is 4.90. The molecule has 0 bridgehead atoms. The van der Waals surface area contributed by atoms with Crippen molar-refractivity contribution in [1.82, 2.24) is 19.7 Å². The second-order valence-corrected chi connectivity index (χ2v) is 8.21. The number of halogens is 1. The largest absolute Gasteiger partial charge is 0.374 e. The smallest absolute Gasteiger partial charge is 0.128 e. The zero-order chi connectivity index (χ0) is 20.7. The summed E-state index contributed by atoms with van der Waals surface area (Å²) in [7, 11) is 0. The van der Waals surface area contributed by atoms with E-state index < -0.39 is 6.23 Å². The number of benzene rings is 1. The van der Waals surface area contributed by atoms with E-state index in [1.807, 2.05) is 12.1 Å². The quantitative estimate of drug-likeness (QED) is 0.629. The molecule has 156 valence electrons. The van der Waals surface area contributed by atoms with Crippen molar-refractivity contribution < 1.29 is 9.50 Å². The van der Waals surface area contributed by atoms with Gasteiger partial charge in [-0.15, -0.1) is 0 Å². The molecule has 1 aromatic carbocycles. The molecule has 30 heavy (non-hydrogen) atoms. The predicted octanol–water partition coefficient (Wildman–Crippen LogP) is 3.87. The highest BCUT2D eigenvalue weighted by Crippen LogP contribution is 2.38. The van der Waals surface area contributed by atoms with Gasteiger partial charge in [0.15, 0.2) is 0 Å². The molecule has 1 saturated carbocycles. The Kier molecular flexibility index (Phi) is 5.00. The highest BCUT2D eigenvalue weighted by molar-refractivity contribution is 5.83. The summed E-state index contributed by atoms with van der Waals surface area (Å²) in [5.41, 5.74) is 4.98. The maximum atomic E-state index is 13.5. The lowest BCUT2D eigenvalue weighted by Crippen LogP contribution is -2.44. The molecular formula is C23H26FN5O. The number of fused-ring (bicyclic) bond motifs is 1. The summed E-state index contributed by atoms with van der Waals surface area (Å²) in [6, 6.07) is 11.1. The Hall–Kier alpha value is -2.77. The van der Waals surface area contributed by atoms with Crippen molar-refractivity contribution in [3.05, 3.63) is 54.1 Å². The second kappa shape index (κ2) is 7.81. The Labute approximate surface area is 175 Å². The zero-order valence-electron chi connectivity index (χ0n) is 17.1. The van der Waals surface area contributed by atoms with Gasteiger partial charge < -0.3 is 10.4 Å². The third-order valence-corrected chi connectivity index (χ3v) is 6.12. The fourth-order valence-corrected chi connectivity index (χ4v) is 4.39. The number of hydrogen-bond acceptors (Lipinski definition) is 5. The number of aliphatic hydroxyl groups is 1. The van der Waals surface area contributed by atoms with Crippen molar-refractivity contribution in [1.29, 1.82) is 0 Å². The molecule has 1 unspecified atom stereocenters. The van der Waals surface area contributed by atoms with E-state index in [0.29, 0.717) is 11.9 Å². The fraction of sp³-hybridized carbons (Fsp3) is 0.391. The van der Waals surface area contributed by atoms with Gasteiger partial charge in [0, 0.05) is 36.5 Å². The molecule has 3 heterocycles. The number of anilines is 1. The molecule has 0 saturated heterocycles. The van der Waals surface area contributed by atoms with Crippen LogP contribution in [0.4, 0.5) is 10.2 Å². The molecule has 1 atom stereocenters. The first-order chi connectivity index (χ1) is 14.6. The minimum absolute atomic E-state index is 0.257. The van der Waals surface area contributed by atoms with Crippen molar-refractivity contribution >= 4 is 5.82 Å². The van der Waals surface area contributed by atoms with Gasteiger partial charge in [-0.25, -0.2) is 9.37 Å². The molecule has 0 amide bonds. The van der Waals surface area contributed by atoms with E-state index in [0.717, 1.165) is 42.0 Å². The van der Waals surface area contributed by atoms with Crippen molar-refractivity contribution in [3.8, 4) is 22.4 Å². The van der Waals surface area contributed by atoms with Crippen LogP contribution in [0.15, 0.2) is 42.6 Å². The van der Waals surface area contributed by atoms with Crippen LogP contribution in [0.2, 0.25) is 0 Å². The maximum absolute atomic E-state index is 13.5. The number of nitrogens with one attached hydrogen (secondary N) is 1. The highest BCUT2D eigenvalue weighted by Gasteiger charge is 2.31. The molecule has 3 aromatic rings. The topological polar surface area (TPSA) is 66.2 Å². The van der Waals surface area contributed by atoms with E-state index in [2.05, 4.69) is 19.9 Å². The number of hydrogen-bond donors (Lipinski definition) is 2. The van der Waals surface area contributed by atoms with Gasteiger partial charge in [0.2, 0.25) is 0 Å². The van der Waals surface area contributed by atoms with Crippen LogP contribution in [0.3, 0.4) is 0 Å². The fourth-order valence-electron chi connectivity index (χ4n) is 4.39. The Bertz CT molecular complexity index is 1040. The summed E-state index contributed by atoms with van der Waals surface area (Å²) in [5, 5.41) is 17.6. The molecule has 2 aliphatic rings. The number of rotatable bonds is 5. The molecule has 1 fully saturated rings. The van der Waals surface area contributed by atoms with E-state index in [1.54, 1.807) is 25.3 Å². The van der Waals surface area contributed by atoms with Crippen molar-refractivity contribution in [2.75, 3.05) is 11.9 Å². The van der Waals surface area contributed by atoms with E-state index in [1.165, 1.54) is 37.1 Å². The Morgan fingerprint density at radius 1 is 1.13 bits per heavy atom. The lowest BCUT2D eigenvalue weighted by Gasteiger charge is -2.40. The Morgan fingerprint density at radius 2 is 1.93 bits per heavy atom. The summed E-state index contributed by atoms with van der Waals surface area (Å²) >= 11 is 0. The van der Waals surface area contributed by atoms with Gasteiger partial charge in [0.1, 0.15) is 23.6 Å². The van der Waals surface area contributed by atoms with Gasteiger partial charge in [-0.05, 0) is 61.7 Å². The lowest BCUT2D eigenvalue weighted by molar-refractivity contribution is 0.0949. The minimum atomic E-state index is -0.695. The zero-order valence-corrected chi connectivity index (χ0v) is 17.1. The first-order valence-corrected chi connectivity index (χ1v) is 10.6. The summed E-state index contributed by atoms with van der Waals surface area (Å²) in [4.78, 5) is 6.89. The number of nitrogens with zero attached hydrogens (tertiary/aromatic N) is 4. The SMILES string of the molecule is CC(O)Nc1cc(-c2c(-c3ccc(F)cc3)nn3c2CN(C2CCC2)CC3)ccn1. The monoisotopic (exact) mass is 407 g/mol. The van der Waals surface area contributed by atoms with Gasteiger partial charge >= 0.3 is 0 Å². The molecule has 5 rings (SSSR count). The second-order valence-electron chi connectivity index (χ2n) is 8.21.